The molecule has 3 nitrogen and oxygen atoms in total. The fourth-order valence-corrected chi connectivity index (χ4v) is 3.57. The van der Waals surface area contributed by atoms with Crippen LogP contribution in [0.3, 0.4) is 0 Å². The molecule has 0 bridgehead atoms. The second-order valence-corrected chi connectivity index (χ2v) is 5.80. The van der Waals surface area contributed by atoms with Crippen LogP contribution in [0, 0.1) is 0 Å². The van der Waals surface area contributed by atoms with Crippen LogP contribution in [-0.2, 0) is 10.0 Å². The summed E-state index contributed by atoms with van der Waals surface area (Å²) < 4.78 is 23.9. The summed E-state index contributed by atoms with van der Waals surface area (Å²) in [6, 6.07) is 0. The van der Waals surface area contributed by atoms with Crippen molar-refractivity contribution >= 4 is 21.8 Å². The van der Waals surface area contributed by atoms with Gasteiger partial charge in [0.05, 0.1) is 11.6 Å². The van der Waals surface area contributed by atoms with Gasteiger partial charge in [0.25, 0.3) is 0 Å². The minimum Gasteiger partial charge on any atom is -0.212 e. The third kappa shape index (κ3) is 2.35. The van der Waals surface area contributed by atoms with Crippen molar-refractivity contribution in [1.29, 1.82) is 0 Å². The van der Waals surface area contributed by atoms with Gasteiger partial charge in [-0.05, 0) is 12.2 Å². The maximum Gasteiger partial charge on any atom is 0.214 e. The first kappa shape index (κ1) is 9.35. The molecule has 1 heterocycles. The Morgan fingerprint density at radius 3 is 2.73 bits per heavy atom. The molecule has 11 heavy (non-hydrogen) atoms. The Kier molecular flexibility index (Phi) is 3.21. The highest BCUT2D eigenvalue weighted by atomic mass is 32.2. The molecule has 1 aliphatic heterocycles. The van der Waals surface area contributed by atoms with Gasteiger partial charge in [-0.2, -0.15) is 4.31 Å². The molecule has 5 heteroatoms. The summed E-state index contributed by atoms with van der Waals surface area (Å²) in [5, 5.41) is 0. The van der Waals surface area contributed by atoms with Gasteiger partial charge in [-0.1, -0.05) is 6.92 Å². The van der Waals surface area contributed by atoms with Crippen molar-refractivity contribution in [1.82, 2.24) is 4.31 Å². The van der Waals surface area contributed by atoms with Crippen molar-refractivity contribution in [3.05, 3.63) is 0 Å². The molecule has 0 N–H and O–H groups in total. The minimum atomic E-state index is -2.85. The molecular formula is C6H13NO2S2. The van der Waals surface area contributed by atoms with Gasteiger partial charge >= 0.3 is 0 Å². The maximum absolute atomic E-state index is 11.2. The van der Waals surface area contributed by atoms with E-state index >= 15 is 0 Å². The molecule has 0 radical (unpaired) electrons. The average Bonchev–Trinajstić information content (AvgIpc) is 2.25. The van der Waals surface area contributed by atoms with E-state index in [9.17, 15) is 8.42 Å². The normalized spacial score (nSPS) is 24.1. The third-order valence-electron chi connectivity index (χ3n) is 1.64. The molecule has 0 aromatic heterocycles. The van der Waals surface area contributed by atoms with Crippen molar-refractivity contribution in [3.8, 4) is 0 Å². The van der Waals surface area contributed by atoms with E-state index in [0.29, 0.717) is 11.6 Å². The topological polar surface area (TPSA) is 37.4 Å². The molecule has 1 saturated heterocycles. The van der Waals surface area contributed by atoms with Crippen LogP contribution in [0.4, 0.5) is 0 Å². The van der Waals surface area contributed by atoms with E-state index in [4.69, 9.17) is 0 Å². The van der Waals surface area contributed by atoms with E-state index in [1.807, 2.05) is 6.92 Å². The van der Waals surface area contributed by atoms with Crippen LogP contribution in [0.2, 0.25) is 0 Å². The van der Waals surface area contributed by atoms with Crippen molar-refractivity contribution < 1.29 is 8.42 Å². The van der Waals surface area contributed by atoms with Gasteiger partial charge in [0.15, 0.2) is 0 Å². The Hall–Kier alpha value is 0.260. The van der Waals surface area contributed by atoms with E-state index in [1.54, 1.807) is 16.1 Å². The summed E-state index contributed by atoms with van der Waals surface area (Å²) >= 11 is 1.65. The lowest BCUT2D eigenvalue weighted by atomic mass is 10.5. The molecule has 0 aliphatic carbocycles. The lowest BCUT2D eigenvalue weighted by molar-refractivity contribution is 0.496. The lowest BCUT2D eigenvalue weighted by Crippen LogP contribution is -2.25. The first-order valence-electron chi connectivity index (χ1n) is 3.72. The number of rotatable bonds is 3. The zero-order valence-corrected chi connectivity index (χ0v) is 8.25. The highest BCUT2D eigenvalue weighted by molar-refractivity contribution is 8.00. The van der Waals surface area contributed by atoms with Gasteiger partial charge in [0.1, 0.15) is 0 Å². The molecule has 0 aromatic rings. The molecule has 0 aromatic carbocycles. The summed E-state index contributed by atoms with van der Waals surface area (Å²) in [5.41, 5.74) is 0. The number of hydrogen-bond acceptors (Lipinski definition) is 3. The SMILES string of the molecule is CCSCN1CCCS1(=O)=O. The molecular weight excluding hydrogens is 182 g/mol. The number of nitrogens with zero attached hydrogens (tertiary/aromatic N) is 1. The van der Waals surface area contributed by atoms with Crippen LogP contribution in [0.5, 0.6) is 0 Å². The van der Waals surface area contributed by atoms with E-state index in [-0.39, 0.29) is 0 Å². The van der Waals surface area contributed by atoms with Crippen LogP contribution >= 0.6 is 11.8 Å². The van der Waals surface area contributed by atoms with E-state index in [2.05, 4.69) is 0 Å². The van der Waals surface area contributed by atoms with Gasteiger partial charge in [-0.25, -0.2) is 8.42 Å². The van der Waals surface area contributed by atoms with Crippen LogP contribution < -0.4 is 0 Å². The first-order valence-corrected chi connectivity index (χ1v) is 6.49. The smallest absolute Gasteiger partial charge is 0.212 e. The predicted octanol–water partition coefficient (Wildman–Crippen LogP) is 0.733. The van der Waals surface area contributed by atoms with E-state index < -0.39 is 10.0 Å². The summed E-state index contributed by atoms with van der Waals surface area (Å²) in [7, 11) is -2.85. The molecule has 0 amide bonds. The van der Waals surface area contributed by atoms with Crippen LogP contribution in [0.25, 0.3) is 0 Å². The zero-order chi connectivity index (χ0) is 8.32. The molecule has 1 rings (SSSR count). The monoisotopic (exact) mass is 195 g/mol. The highest BCUT2D eigenvalue weighted by Crippen LogP contribution is 2.16. The van der Waals surface area contributed by atoms with Crippen molar-refractivity contribution in [2.45, 2.75) is 13.3 Å². The average molecular weight is 195 g/mol. The Morgan fingerprint density at radius 1 is 1.55 bits per heavy atom. The molecule has 1 aliphatic rings. The maximum atomic E-state index is 11.2. The fourth-order valence-electron chi connectivity index (χ4n) is 1.03. The second kappa shape index (κ2) is 3.78. The van der Waals surface area contributed by atoms with Gasteiger partial charge in [-0.15, -0.1) is 11.8 Å². The quantitative estimate of drug-likeness (QED) is 0.666. The molecule has 66 valence electrons. The van der Waals surface area contributed by atoms with Crippen molar-refractivity contribution in [2.75, 3.05) is 23.9 Å². The largest absolute Gasteiger partial charge is 0.214 e. The molecule has 1 fully saturated rings. The molecule has 0 atom stereocenters. The molecule has 0 unspecified atom stereocenters. The van der Waals surface area contributed by atoms with Crippen molar-refractivity contribution in [2.24, 2.45) is 0 Å². The van der Waals surface area contributed by atoms with Gasteiger partial charge in [-0.3, -0.25) is 0 Å². The first-order chi connectivity index (χ1) is 5.17. The van der Waals surface area contributed by atoms with Crippen LogP contribution in [0.15, 0.2) is 0 Å². The summed E-state index contributed by atoms with van der Waals surface area (Å²) in [4.78, 5) is 0. The Labute approximate surface area is 72.2 Å². The van der Waals surface area contributed by atoms with E-state index in [1.165, 1.54) is 0 Å². The second-order valence-electron chi connectivity index (χ2n) is 2.47. The van der Waals surface area contributed by atoms with Gasteiger partial charge < -0.3 is 0 Å². The predicted molar refractivity (Wildman–Crippen MR) is 48.1 cm³/mol. The van der Waals surface area contributed by atoms with Gasteiger partial charge in [0.2, 0.25) is 10.0 Å². The lowest BCUT2D eigenvalue weighted by Gasteiger charge is -2.11. The molecule has 0 saturated carbocycles. The number of sulfonamides is 1. The Morgan fingerprint density at radius 2 is 2.27 bits per heavy atom. The fraction of sp³-hybridized carbons (Fsp3) is 1.00. The number of hydrogen-bond donors (Lipinski definition) is 0. The standard InChI is InChI=1S/C6H13NO2S2/c1-2-10-6-7-4-3-5-11(7,8)9/h2-6H2,1H3. The minimum absolute atomic E-state index is 0.345. The summed E-state index contributed by atoms with van der Waals surface area (Å²) in [6.07, 6.45) is 0.798. The van der Waals surface area contributed by atoms with E-state index in [0.717, 1.165) is 18.7 Å². The van der Waals surface area contributed by atoms with Crippen molar-refractivity contribution in [3.63, 3.8) is 0 Å². The third-order valence-corrected chi connectivity index (χ3v) is 4.61. The molecule has 0 spiro atoms. The van der Waals surface area contributed by atoms with Crippen LogP contribution in [-0.4, -0.2) is 36.7 Å². The van der Waals surface area contributed by atoms with Crippen LogP contribution in [0.1, 0.15) is 13.3 Å². The summed E-state index contributed by atoms with van der Waals surface area (Å²) in [5.74, 6) is 1.96. The van der Waals surface area contributed by atoms with Gasteiger partial charge in [0, 0.05) is 6.54 Å². The number of thioether (sulfide) groups is 1. The Balaban J connectivity index is 2.45. The summed E-state index contributed by atoms with van der Waals surface area (Å²) in [6.45, 7) is 2.75. The Bertz CT molecular complexity index is 213. The highest BCUT2D eigenvalue weighted by Gasteiger charge is 2.27. The zero-order valence-electron chi connectivity index (χ0n) is 6.62.